The van der Waals surface area contributed by atoms with Crippen LogP contribution in [-0.4, -0.2) is 44.2 Å². The van der Waals surface area contributed by atoms with E-state index in [1.807, 2.05) is 13.8 Å². The summed E-state index contributed by atoms with van der Waals surface area (Å²) in [4.78, 5) is 25.2. The number of ether oxygens (including phenoxy) is 4. The van der Waals surface area contributed by atoms with E-state index in [9.17, 15) is 9.59 Å². The van der Waals surface area contributed by atoms with Crippen LogP contribution < -0.4 is 24.3 Å². The summed E-state index contributed by atoms with van der Waals surface area (Å²) in [5.41, 5.74) is 0.518. The molecule has 0 aliphatic heterocycles. The Morgan fingerprint density at radius 1 is 0.886 bits per heavy atom. The quantitative estimate of drug-likeness (QED) is 0.244. The van der Waals surface area contributed by atoms with Crippen molar-refractivity contribution in [3.05, 3.63) is 34.3 Å². The molecule has 1 amide bonds. The second-order valence-electron chi connectivity index (χ2n) is 6.95. The van der Waals surface area contributed by atoms with Gasteiger partial charge in [0.25, 0.3) is 5.91 Å². The zero-order chi connectivity index (χ0) is 26.0. The molecule has 1 N–H and O–H groups in total. The Labute approximate surface area is 214 Å². The lowest BCUT2D eigenvalue weighted by Gasteiger charge is -2.16. The van der Waals surface area contributed by atoms with Gasteiger partial charge < -0.3 is 24.3 Å². The van der Waals surface area contributed by atoms with Crippen molar-refractivity contribution in [1.29, 1.82) is 0 Å². The fourth-order valence-electron chi connectivity index (χ4n) is 2.97. The van der Waals surface area contributed by atoms with Crippen LogP contribution in [0.25, 0.3) is 0 Å². The van der Waals surface area contributed by atoms with Crippen LogP contribution in [0.5, 0.6) is 23.0 Å². The lowest BCUT2D eigenvalue weighted by molar-refractivity contribution is -0.126. The van der Waals surface area contributed by atoms with Gasteiger partial charge in [0.15, 0.2) is 11.5 Å². The third-order valence-corrected chi connectivity index (χ3v) is 5.09. The highest BCUT2D eigenvalue weighted by Gasteiger charge is 2.25. The molecule has 0 heterocycles. The van der Waals surface area contributed by atoms with E-state index in [0.717, 1.165) is 0 Å². The number of benzene rings is 2. The number of anilines is 1. The number of azo groups is 1. The predicted octanol–water partition coefficient (Wildman–Crippen LogP) is 6.27. The molecule has 2 rings (SSSR count). The Morgan fingerprint density at radius 3 is 2.09 bits per heavy atom. The number of nitrogens with zero attached hydrogens (tertiary/aromatic N) is 2. The molecule has 0 aromatic heterocycles. The number of hydrogen-bond donors (Lipinski definition) is 1. The maximum atomic E-state index is 13.0. The SMILES string of the molecule is CCOc1cc(OCC)c(NC(=O)C(N=Nc2ccc(OCC)c(Cl)c2OCC)C(C)=O)cc1Cl. The first-order chi connectivity index (χ1) is 16.8. The highest BCUT2D eigenvalue weighted by molar-refractivity contribution is 6.34. The molecule has 0 aliphatic rings. The summed E-state index contributed by atoms with van der Waals surface area (Å²) in [6.07, 6.45) is 0. The van der Waals surface area contributed by atoms with Gasteiger partial charge in [-0.25, -0.2) is 0 Å². The van der Waals surface area contributed by atoms with Crippen molar-refractivity contribution in [3.63, 3.8) is 0 Å². The highest BCUT2D eigenvalue weighted by atomic mass is 35.5. The van der Waals surface area contributed by atoms with Crippen LogP contribution in [0, 0.1) is 0 Å². The van der Waals surface area contributed by atoms with Gasteiger partial charge in [-0.15, -0.1) is 0 Å². The maximum absolute atomic E-state index is 13.0. The van der Waals surface area contributed by atoms with E-state index in [-0.39, 0.29) is 27.2 Å². The summed E-state index contributed by atoms with van der Waals surface area (Å²) in [5, 5.41) is 11.2. The van der Waals surface area contributed by atoms with Gasteiger partial charge in [-0.05, 0) is 52.8 Å². The van der Waals surface area contributed by atoms with E-state index >= 15 is 0 Å². The molecule has 0 saturated heterocycles. The summed E-state index contributed by atoms with van der Waals surface area (Å²) in [5.74, 6) is 0.185. The molecule has 0 aliphatic carbocycles. The molecule has 0 saturated carbocycles. The third kappa shape index (κ3) is 7.47. The minimum Gasteiger partial charge on any atom is -0.492 e. The summed E-state index contributed by atoms with van der Waals surface area (Å²) >= 11 is 12.6. The average molecular weight is 526 g/mol. The van der Waals surface area contributed by atoms with Crippen molar-refractivity contribution in [2.75, 3.05) is 31.7 Å². The summed E-state index contributed by atoms with van der Waals surface area (Å²) in [6.45, 7) is 9.95. The first-order valence-electron chi connectivity index (χ1n) is 11.2. The van der Waals surface area contributed by atoms with Crippen LogP contribution in [0.2, 0.25) is 10.0 Å². The van der Waals surface area contributed by atoms with Crippen LogP contribution in [0.1, 0.15) is 34.6 Å². The van der Waals surface area contributed by atoms with Crippen molar-refractivity contribution < 1.29 is 28.5 Å². The Balaban J connectivity index is 2.36. The topological polar surface area (TPSA) is 108 Å². The zero-order valence-corrected chi connectivity index (χ0v) is 21.8. The number of rotatable bonds is 13. The third-order valence-electron chi connectivity index (χ3n) is 4.44. The van der Waals surface area contributed by atoms with Gasteiger partial charge in [-0.2, -0.15) is 10.2 Å². The van der Waals surface area contributed by atoms with Crippen LogP contribution in [0.4, 0.5) is 11.4 Å². The number of carbonyl (C=O) groups excluding carboxylic acids is 2. The van der Waals surface area contributed by atoms with Gasteiger partial charge in [0.2, 0.25) is 6.04 Å². The van der Waals surface area contributed by atoms with Gasteiger partial charge >= 0.3 is 0 Å². The fraction of sp³-hybridized carbons (Fsp3) is 0.417. The number of halogens is 2. The number of carbonyl (C=O) groups is 2. The van der Waals surface area contributed by atoms with Crippen LogP contribution in [-0.2, 0) is 9.59 Å². The molecule has 190 valence electrons. The summed E-state index contributed by atoms with van der Waals surface area (Å²) in [7, 11) is 0. The first-order valence-corrected chi connectivity index (χ1v) is 11.9. The molecule has 2 aromatic carbocycles. The minimum absolute atomic E-state index is 0.222. The highest BCUT2D eigenvalue weighted by Crippen LogP contribution is 2.42. The van der Waals surface area contributed by atoms with Crippen molar-refractivity contribution in [3.8, 4) is 23.0 Å². The molecule has 11 heteroatoms. The Morgan fingerprint density at radius 2 is 1.49 bits per heavy atom. The lowest BCUT2D eigenvalue weighted by Crippen LogP contribution is -2.32. The van der Waals surface area contributed by atoms with Crippen molar-refractivity contribution in [2.45, 2.75) is 40.7 Å². The second-order valence-corrected chi connectivity index (χ2v) is 7.74. The molecule has 1 unspecified atom stereocenters. The van der Waals surface area contributed by atoms with E-state index in [4.69, 9.17) is 42.1 Å². The second kappa shape index (κ2) is 13.7. The zero-order valence-electron chi connectivity index (χ0n) is 20.3. The van der Waals surface area contributed by atoms with Crippen molar-refractivity contribution in [1.82, 2.24) is 0 Å². The van der Waals surface area contributed by atoms with Gasteiger partial charge in [0, 0.05) is 6.07 Å². The molecule has 35 heavy (non-hydrogen) atoms. The predicted molar refractivity (Wildman–Crippen MR) is 135 cm³/mol. The van der Waals surface area contributed by atoms with Crippen molar-refractivity contribution in [2.24, 2.45) is 10.2 Å². The number of amides is 1. The molecule has 0 radical (unpaired) electrons. The lowest BCUT2D eigenvalue weighted by atomic mass is 10.2. The number of nitrogens with one attached hydrogen (secondary N) is 1. The smallest absolute Gasteiger partial charge is 0.258 e. The largest absolute Gasteiger partial charge is 0.492 e. The fourth-order valence-corrected chi connectivity index (χ4v) is 3.46. The minimum atomic E-state index is -1.44. The number of Topliss-reactive ketones (excluding diaryl/α,β-unsaturated/α-hetero) is 1. The Hall–Kier alpha value is -3.04. The standard InChI is InChI=1S/C24H29Cl2N3O6/c1-6-32-18-11-10-16(23(21(18)26)35-9-4)28-29-22(14(5)30)24(31)27-17-12-15(25)19(33-7-2)13-20(17)34-8-3/h10-13,22H,6-9H2,1-5H3,(H,27,31). The molecule has 0 bridgehead atoms. The molecule has 0 spiro atoms. The average Bonchev–Trinajstić information content (AvgIpc) is 2.81. The monoisotopic (exact) mass is 525 g/mol. The summed E-state index contributed by atoms with van der Waals surface area (Å²) in [6, 6.07) is 4.82. The van der Waals surface area contributed by atoms with Crippen LogP contribution in [0.15, 0.2) is 34.5 Å². The van der Waals surface area contributed by atoms with Gasteiger partial charge in [0.1, 0.15) is 28.0 Å². The van der Waals surface area contributed by atoms with E-state index in [1.165, 1.54) is 13.0 Å². The van der Waals surface area contributed by atoms with Gasteiger partial charge in [0.05, 0.1) is 37.1 Å². The van der Waals surface area contributed by atoms with Gasteiger partial charge in [-0.1, -0.05) is 23.2 Å². The molecular formula is C24H29Cl2N3O6. The normalized spacial score (nSPS) is 11.7. The molecular weight excluding hydrogens is 497 g/mol. The summed E-state index contributed by atoms with van der Waals surface area (Å²) < 4.78 is 22.2. The molecule has 1 atom stereocenters. The molecule has 2 aromatic rings. The van der Waals surface area contributed by atoms with E-state index in [2.05, 4.69) is 15.5 Å². The van der Waals surface area contributed by atoms with E-state index < -0.39 is 17.7 Å². The van der Waals surface area contributed by atoms with Gasteiger partial charge in [-0.3, -0.25) is 9.59 Å². The maximum Gasteiger partial charge on any atom is 0.258 e. The Bertz CT molecular complexity index is 1080. The van der Waals surface area contributed by atoms with Crippen LogP contribution in [0.3, 0.4) is 0 Å². The Kier molecular flexibility index (Phi) is 11.1. The number of ketones is 1. The number of hydrogen-bond acceptors (Lipinski definition) is 8. The first kappa shape index (κ1) is 28.2. The molecule has 9 nitrogen and oxygen atoms in total. The van der Waals surface area contributed by atoms with Crippen molar-refractivity contribution >= 4 is 46.3 Å². The van der Waals surface area contributed by atoms with E-state index in [1.54, 1.807) is 32.0 Å². The van der Waals surface area contributed by atoms with Crippen LogP contribution >= 0.6 is 23.2 Å². The molecule has 0 fully saturated rings. The van der Waals surface area contributed by atoms with E-state index in [0.29, 0.717) is 43.7 Å².